The monoisotopic (exact) mass is 488 g/mol. The lowest BCUT2D eigenvalue weighted by atomic mass is 9.54. The zero-order valence-electron chi connectivity index (χ0n) is 16.9. The Labute approximate surface area is 181 Å². The van der Waals surface area contributed by atoms with E-state index < -0.39 is 0 Å². The lowest BCUT2D eigenvalue weighted by molar-refractivity contribution is -0.125. The van der Waals surface area contributed by atoms with E-state index in [4.69, 9.17) is 9.73 Å². The van der Waals surface area contributed by atoms with E-state index >= 15 is 0 Å². The molecule has 5 fully saturated rings. The van der Waals surface area contributed by atoms with E-state index in [2.05, 4.69) is 15.1 Å². The molecule has 5 nitrogen and oxygen atoms in total. The van der Waals surface area contributed by atoms with Gasteiger partial charge in [-0.05, 0) is 57.5 Å². The molecular formula is C21H37IN4O. The molecule has 0 aromatic rings. The second-order valence-corrected chi connectivity index (χ2v) is 9.46. The number of guanidine groups is 1. The largest absolute Gasteiger partial charge is 0.377 e. The summed E-state index contributed by atoms with van der Waals surface area (Å²) in [4.78, 5) is 9.91. The van der Waals surface area contributed by atoms with Crippen molar-refractivity contribution in [1.82, 2.24) is 15.1 Å². The van der Waals surface area contributed by atoms with Gasteiger partial charge < -0.3 is 19.9 Å². The van der Waals surface area contributed by atoms with Gasteiger partial charge in [0, 0.05) is 50.7 Å². The molecular weight excluding hydrogens is 451 g/mol. The summed E-state index contributed by atoms with van der Waals surface area (Å²) in [5.74, 6) is 2.69. The molecule has 1 spiro atoms. The fourth-order valence-corrected chi connectivity index (χ4v) is 6.84. The molecule has 5 rings (SSSR count). The summed E-state index contributed by atoms with van der Waals surface area (Å²) in [6.07, 6.45) is 11.3. The first kappa shape index (κ1) is 20.2. The van der Waals surface area contributed by atoms with E-state index in [-0.39, 0.29) is 24.0 Å². The second kappa shape index (κ2) is 8.34. The van der Waals surface area contributed by atoms with Crippen molar-refractivity contribution in [3.63, 3.8) is 0 Å². The average Bonchev–Trinajstić information content (AvgIpc) is 3.43. The highest BCUT2D eigenvalue weighted by atomic mass is 127. The van der Waals surface area contributed by atoms with E-state index in [1.807, 2.05) is 7.05 Å². The summed E-state index contributed by atoms with van der Waals surface area (Å²) in [7, 11) is 1.97. The van der Waals surface area contributed by atoms with Gasteiger partial charge in [0.05, 0.1) is 6.10 Å². The SMILES string of the molecule is CN=C(NC1C2CCOC2C12CCCC2)N1CCC(CN2CCCC2)C1.I. The number of nitrogens with one attached hydrogen (secondary N) is 1. The predicted molar refractivity (Wildman–Crippen MR) is 120 cm³/mol. The average molecular weight is 488 g/mol. The van der Waals surface area contributed by atoms with Crippen LogP contribution in [0.5, 0.6) is 0 Å². The number of halogens is 1. The van der Waals surface area contributed by atoms with Crippen molar-refractivity contribution in [2.75, 3.05) is 46.4 Å². The van der Waals surface area contributed by atoms with Crippen LogP contribution in [0, 0.1) is 17.3 Å². The summed E-state index contributed by atoms with van der Waals surface area (Å²) in [5, 5.41) is 3.95. The maximum atomic E-state index is 6.15. The third-order valence-electron chi connectivity index (χ3n) is 8.08. The Hall–Kier alpha value is -0.0800. The second-order valence-electron chi connectivity index (χ2n) is 9.46. The van der Waals surface area contributed by atoms with Crippen molar-refractivity contribution in [1.29, 1.82) is 0 Å². The third-order valence-corrected chi connectivity index (χ3v) is 8.08. The van der Waals surface area contributed by atoms with Crippen LogP contribution in [0.15, 0.2) is 4.99 Å². The first-order chi connectivity index (χ1) is 12.8. The number of rotatable bonds is 3. The van der Waals surface area contributed by atoms with Crippen molar-refractivity contribution in [3.8, 4) is 0 Å². The molecule has 1 N–H and O–H groups in total. The number of fused-ring (bicyclic) bond motifs is 2. The van der Waals surface area contributed by atoms with Crippen LogP contribution < -0.4 is 5.32 Å². The molecule has 0 amide bonds. The number of nitrogens with zero attached hydrogens (tertiary/aromatic N) is 3. The molecule has 0 aromatic heterocycles. The maximum Gasteiger partial charge on any atom is 0.193 e. The molecule has 0 bridgehead atoms. The Morgan fingerprint density at radius 1 is 1.11 bits per heavy atom. The molecule has 3 saturated heterocycles. The molecule has 27 heavy (non-hydrogen) atoms. The predicted octanol–water partition coefficient (Wildman–Crippen LogP) is 2.95. The lowest BCUT2D eigenvalue weighted by Crippen LogP contribution is -2.69. The van der Waals surface area contributed by atoms with Gasteiger partial charge in [-0.1, -0.05) is 12.8 Å². The highest BCUT2D eigenvalue weighted by Gasteiger charge is 2.65. The van der Waals surface area contributed by atoms with Crippen LogP contribution in [-0.4, -0.2) is 74.3 Å². The van der Waals surface area contributed by atoms with Gasteiger partial charge in [0.25, 0.3) is 0 Å². The number of aliphatic imine (C=N–C) groups is 1. The summed E-state index contributed by atoms with van der Waals surface area (Å²) in [6.45, 7) is 7.24. The molecule has 3 aliphatic heterocycles. The third kappa shape index (κ3) is 3.52. The maximum absolute atomic E-state index is 6.15. The van der Waals surface area contributed by atoms with Crippen LogP contribution in [-0.2, 0) is 4.74 Å². The molecule has 6 heteroatoms. The van der Waals surface area contributed by atoms with E-state index in [1.165, 1.54) is 84.1 Å². The quantitative estimate of drug-likeness (QED) is 0.377. The number of hydrogen-bond donors (Lipinski definition) is 1. The molecule has 4 atom stereocenters. The van der Waals surface area contributed by atoms with Gasteiger partial charge in [0.1, 0.15) is 0 Å². The minimum atomic E-state index is 0. The first-order valence-electron chi connectivity index (χ1n) is 11.1. The van der Waals surface area contributed by atoms with Crippen molar-refractivity contribution in [3.05, 3.63) is 0 Å². The molecule has 2 saturated carbocycles. The Balaban J connectivity index is 0.00000180. The summed E-state index contributed by atoms with van der Waals surface area (Å²) in [5.41, 5.74) is 0.409. The Morgan fingerprint density at radius 2 is 1.89 bits per heavy atom. The van der Waals surface area contributed by atoms with Crippen LogP contribution in [0.3, 0.4) is 0 Å². The Bertz CT molecular complexity index is 544. The minimum absolute atomic E-state index is 0. The van der Waals surface area contributed by atoms with E-state index in [1.54, 1.807) is 0 Å². The van der Waals surface area contributed by atoms with Gasteiger partial charge in [-0.3, -0.25) is 4.99 Å². The number of likely N-dealkylation sites (tertiary alicyclic amines) is 2. The van der Waals surface area contributed by atoms with Gasteiger partial charge in [0.2, 0.25) is 0 Å². The first-order valence-corrected chi connectivity index (χ1v) is 11.1. The van der Waals surface area contributed by atoms with Gasteiger partial charge in [-0.15, -0.1) is 24.0 Å². The zero-order chi connectivity index (χ0) is 17.6. The van der Waals surface area contributed by atoms with Gasteiger partial charge >= 0.3 is 0 Å². The highest BCUT2D eigenvalue weighted by Crippen LogP contribution is 2.60. The summed E-state index contributed by atoms with van der Waals surface area (Å²) >= 11 is 0. The number of hydrogen-bond acceptors (Lipinski definition) is 3. The van der Waals surface area contributed by atoms with Crippen LogP contribution >= 0.6 is 24.0 Å². The molecule has 3 heterocycles. The molecule has 4 unspecified atom stereocenters. The normalized spacial score (nSPS) is 38.1. The van der Waals surface area contributed by atoms with Gasteiger partial charge in [-0.2, -0.15) is 0 Å². The highest BCUT2D eigenvalue weighted by molar-refractivity contribution is 14.0. The molecule has 154 valence electrons. The van der Waals surface area contributed by atoms with E-state index in [0.717, 1.165) is 18.5 Å². The minimum Gasteiger partial charge on any atom is -0.377 e. The smallest absolute Gasteiger partial charge is 0.193 e. The van der Waals surface area contributed by atoms with Crippen molar-refractivity contribution < 1.29 is 4.74 Å². The lowest BCUT2D eigenvalue weighted by Gasteiger charge is -2.57. The van der Waals surface area contributed by atoms with Gasteiger partial charge in [-0.25, -0.2) is 0 Å². The molecule has 0 radical (unpaired) electrons. The molecule has 5 aliphatic rings. The van der Waals surface area contributed by atoms with Crippen LogP contribution in [0.1, 0.15) is 51.4 Å². The fourth-order valence-electron chi connectivity index (χ4n) is 6.84. The number of ether oxygens (including phenoxy) is 1. The van der Waals surface area contributed by atoms with Crippen LogP contribution in [0.4, 0.5) is 0 Å². The van der Waals surface area contributed by atoms with E-state index in [0.29, 0.717) is 23.5 Å². The fraction of sp³-hybridized carbons (Fsp3) is 0.952. The Kier molecular flexibility index (Phi) is 6.24. The summed E-state index contributed by atoms with van der Waals surface area (Å²) in [6, 6.07) is 0.592. The zero-order valence-corrected chi connectivity index (χ0v) is 19.2. The molecule has 2 aliphatic carbocycles. The van der Waals surface area contributed by atoms with Crippen molar-refractivity contribution >= 4 is 29.9 Å². The van der Waals surface area contributed by atoms with E-state index in [9.17, 15) is 0 Å². The topological polar surface area (TPSA) is 40.1 Å². The summed E-state index contributed by atoms with van der Waals surface area (Å²) < 4.78 is 6.15. The van der Waals surface area contributed by atoms with Crippen LogP contribution in [0.25, 0.3) is 0 Å². The van der Waals surface area contributed by atoms with Crippen molar-refractivity contribution in [2.24, 2.45) is 22.2 Å². The van der Waals surface area contributed by atoms with Crippen LogP contribution in [0.2, 0.25) is 0 Å². The van der Waals surface area contributed by atoms with Crippen molar-refractivity contribution in [2.45, 2.75) is 63.5 Å². The Morgan fingerprint density at radius 3 is 2.63 bits per heavy atom. The van der Waals surface area contributed by atoms with Gasteiger partial charge in [0.15, 0.2) is 5.96 Å². The standard InChI is InChI=1S/C21H36N4O.HI/c1-22-20(25-12-6-16(15-25)14-24-10-4-5-11-24)23-18-17-7-13-26-19(17)21(18)8-2-3-9-21;/h16-19H,2-15H2,1H3,(H,22,23);1H. The molecule has 0 aromatic carbocycles.